The normalized spacial score (nSPS) is 11.3. The Morgan fingerprint density at radius 3 is 0.789 bits per heavy atom. The van der Waals surface area contributed by atoms with E-state index in [0.717, 1.165) is 12.5 Å². The Morgan fingerprint density at radius 1 is 0.368 bits per heavy atom. The van der Waals surface area contributed by atoms with Crippen molar-refractivity contribution < 1.29 is 4.79 Å². The van der Waals surface area contributed by atoms with Crippen molar-refractivity contribution in [2.45, 2.75) is 199 Å². The van der Waals surface area contributed by atoms with Crippen molar-refractivity contribution in [2.75, 3.05) is 6.54 Å². The number of nitrogens with zero attached hydrogens (tertiary/aromatic N) is 1. The van der Waals surface area contributed by atoms with Gasteiger partial charge < -0.3 is 0 Å². The van der Waals surface area contributed by atoms with Crippen LogP contribution in [0, 0.1) is 0 Å². The number of halogens is 2. The van der Waals surface area contributed by atoms with E-state index in [-0.39, 0.29) is 0 Å². The fraction of sp³-hybridized carbons (Fsp3) is 0.970. The van der Waals surface area contributed by atoms with Gasteiger partial charge in [-0.15, -0.1) is 0 Å². The summed E-state index contributed by atoms with van der Waals surface area (Å²) in [5.41, 5.74) is 0. The maximum Gasteiger partial charge on any atom is 0.237 e. The van der Waals surface area contributed by atoms with E-state index in [9.17, 15) is 4.79 Å². The Labute approximate surface area is 249 Å². The molecule has 0 heterocycles. The second-order valence-corrected chi connectivity index (χ2v) is 17.0. The third kappa shape index (κ3) is 36.2. The van der Waals surface area contributed by atoms with Crippen LogP contribution in [0.25, 0.3) is 0 Å². The molecule has 0 aromatic carbocycles. The summed E-state index contributed by atoms with van der Waals surface area (Å²) in [6, 6.07) is 1.09. The molecule has 0 radical (unpaired) electrons. The molecular formula is C33H65Cl2NOSi. The van der Waals surface area contributed by atoms with Crippen molar-refractivity contribution in [1.82, 2.24) is 0 Å². The van der Waals surface area contributed by atoms with Crippen LogP contribution in [0.4, 0.5) is 0 Å². The van der Waals surface area contributed by atoms with Gasteiger partial charge in [0.05, 0.1) is 6.54 Å². The predicted molar refractivity (Wildman–Crippen MR) is 175 cm³/mol. The van der Waals surface area contributed by atoms with Gasteiger partial charge in [0.15, 0.2) is 0 Å². The van der Waals surface area contributed by atoms with E-state index in [1.165, 1.54) is 186 Å². The van der Waals surface area contributed by atoms with Crippen molar-refractivity contribution in [3.05, 3.63) is 0 Å². The van der Waals surface area contributed by atoms with Crippen molar-refractivity contribution in [1.29, 1.82) is 0 Å². The number of aliphatic imine (C=N–C) groups is 1. The first-order chi connectivity index (χ1) is 18.8. The molecule has 0 atom stereocenters. The number of rotatable bonds is 33. The zero-order valence-electron chi connectivity index (χ0n) is 25.3. The van der Waals surface area contributed by atoms with Crippen molar-refractivity contribution in [2.24, 2.45) is 4.99 Å². The molecule has 0 amide bonds. The van der Waals surface area contributed by atoms with Gasteiger partial charge in [-0.05, 0) is 12.5 Å². The highest BCUT2D eigenvalue weighted by Gasteiger charge is 2.01. The van der Waals surface area contributed by atoms with Crippen molar-refractivity contribution >= 4 is 35.7 Å². The lowest BCUT2D eigenvalue weighted by Crippen LogP contribution is -1.91. The topological polar surface area (TPSA) is 29.4 Å². The maximum absolute atomic E-state index is 9.98. The predicted octanol–water partition coefficient (Wildman–Crippen LogP) is 12.7. The molecule has 0 unspecified atom stereocenters. The van der Waals surface area contributed by atoms with Gasteiger partial charge in [-0.25, -0.2) is 9.79 Å². The van der Waals surface area contributed by atoms with Crippen LogP contribution in [0.1, 0.15) is 193 Å². The summed E-state index contributed by atoms with van der Waals surface area (Å²) in [5, 5.41) is 0. The minimum atomic E-state index is -1.34. The molecule has 0 aliphatic carbocycles. The first-order valence-electron chi connectivity index (χ1n) is 17.1. The summed E-state index contributed by atoms with van der Waals surface area (Å²) in [4.78, 5) is 13.6. The van der Waals surface area contributed by atoms with Crippen LogP contribution in [0.3, 0.4) is 0 Å². The molecule has 0 bridgehead atoms. The molecule has 0 rings (SSSR count). The van der Waals surface area contributed by atoms with Gasteiger partial charge in [0.25, 0.3) is 0 Å². The smallest absolute Gasteiger partial charge is 0.211 e. The minimum absolute atomic E-state index is 0.666. The van der Waals surface area contributed by atoms with Gasteiger partial charge >= 0.3 is 0 Å². The average molecular weight is 591 g/mol. The Balaban J connectivity index is 3.03. The molecule has 0 aromatic rings. The molecule has 0 aliphatic heterocycles. The Bertz CT molecular complexity index is 486. The van der Waals surface area contributed by atoms with Gasteiger partial charge in [0, 0.05) is 0 Å². The molecule has 38 heavy (non-hydrogen) atoms. The molecule has 0 saturated heterocycles. The van der Waals surface area contributed by atoms with Crippen molar-refractivity contribution in [3.8, 4) is 0 Å². The second-order valence-electron chi connectivity index (χ2n) is 11.8. The van der Waals surface area contributed by atoms with Gasteiger partial charge in [-0.1, -0.05) is 186 Å². The standard InChI is InChI=1S/C33H65Cl2NOSi/c34-38(35)32-30-28-26-24-22-20-18-16-14-12-10-8-6-4-2-1-3-5-7-9-11-13-15-17-19-21-23-25-27-29-31-36-33-37/h38H,1-32H2. The van der Waals surface area contributed by atoms with Crippen LogP contribution in [0.15, 0.2) is 4.99 Å². The Morgan fingerprint density at radius 2 is 0.579 bits per heavy atom. The number of hydrogen-bond donors (Lipinski definition) is 0. The highest BCUT2D eigenvalue weighted by Crippen LogP contribution is 2.17. The minimum Gasteiger partial charge on any atom is -0.211 e. The Kier molecular flexibility index (Phi) is 35.4. The van der Waals surface area contributed by atoms with Crippen LogP contribution in [0.5, 0.6) is 0 Å². The number of carbonyl (C=O) groups excluding carboxylic acids is 1. The zero-order chi connectivity index (χ0) is 27.6. The molecular weight excluding hydrogens is 525 g/mol. The van der Waals surface area contributed by atoms with Crippen LogP contribution in [-0.2, 0) is 4.79 Å². The van der Waals surface area contributed by atoms with E-state index in [4.69, 9.17) is 22.2 Å². The summed E-state index contributed by atoms with van der Waals surface area (Å²) in [6.45, 7) is 0.666. The van der Waals surface area contributed by atoms with E-state index in [2.05, 4.69) is 4.99 Å². The summed E-state index contributed by atoms with van der Waals surface area (Å²) in [5.74, 6) is 0. The lowest BCUT2D eigenvalue weighted by molar-refractivity contribution is 0.513. The lowest BCUT2D eigenvalue weighted by atomic mass is 10.0. The van der Waals surface area contributed by atoms with Gasteiger partial charge in [-0.2, -0.15) is 22.2 Å². The molecule has 2 nitrogen and oxygen atoms in total. The number of hydrogen-bond acceptors (Lipinski definition) is 2. The molecule has 0 aromatic heterocycles. The van der Waals surface area contributed by atoms with E-state index < -0.39 is 7.42 Å². The van der Waals surface area contributed by atoms with Gasteiger partial charge in [0.2, 0.25) is 13.5 Å². The fourth-order valence-electron chi connectivity index (χ4n) is 5.48. The largest absolute Gasteiger partial charge is 0.237 e. The first-order valence-corrected chi connectivity index (χ1v) is 21.4. The van der Waals surface area contributed by atoms with Gasteiger partial charge in [0.1, 0.15) is 0 Å². The quantitative estimate of drug-likeness (QED) is 0.0246. The second kappa shape index (κ2) is 35.2. The number of isocyanates is 1. The third-order valence-electron chi connectivity index (χ3n) is 8.01. The molecule has 0 aliphatic rings. The van der Waals surface area contributed by atoms with Crippen molar-refractivity contribution in [3.63, 3.8) is 0 Å². The molecule has 0 saturated carbocycles. The highest BCUT2D eigenvalue weighted by atomic mass is 35.7. The summed E-state index contributed by atoms with van der Waals surface area (Å²) < 4.78 is 0. The fourth-order valence-corrected chi connectivity index (χ4v) is 7.01. The van der Waals surface area contributed by atoms with Crippen LogP contribution in [-0.4, -0.2) is 20.0 Å². The summed E-state index contributed by atoms with van der Waals surface area (Å²) in [6.07, 6.45) is 43.7. The summed E-state index contributed by atoms with van der Waals surface area (Å²) >= 11 is 11.8. The SMILES string of the molecule is O=C=NCCCCCCCCCCCCCCCCCCCCCCCCCCCCCCCC[SiH](Cl)Cl. The Hall–Kier alpha value is 0.177. The van der Waals surface area contributed by atoms with E-state index >= 15 is 0 Å². The summed E-state index contributed by atoms with van der Waals surface area (Å²) in [7, 11) is -1.34. The molecule has 0 N–H and O–H groups in total. The van der Waals surface area contributed by atoms with E-state index in [1.54, 1.807) is 6.08 Å². The zero-order valence-corrected chi connectivity index (χ0v) is 28.0. The lowest BCUT2D eigenvalue weighted by Gasteiger charge is -2.05. The van der Waals surface area contributed by atoms with Gasteiger partial charge in [-0.3, -0.25) is 0 Å². The third-order valence-corrected chi connectivity index (χ3v) is 10.2. The molecule has 226 valence electrons. The number of unbranched alkanes of at least 4 members (excludes halogenated alkanes) is 29. The van der Waals surface area contributed by atoms with Crippen LogP contribution < -0.4 is 0 Å². The molecule has 0 fully saturated rings. The van der Waals surface area contributed by atoms with E-state index in [0.29, 0.717) is 6.54 Å². The average Bonchev–Trinajstić information content (AvgIpc) is 2.91. The van der Waals surface area contributed by atoms with E-state index in [1.807, 2.05) is 0 Å². The molecule has 0 spiro atoms. The van der Waals surface area contributed by atoms with Crippen LogP contribution >= 0.6 is 22.2 Å². The molecule has 5 heteroatoms. The maximum atomic E-state index is 9.98. The highest BCUT2D eigenvalue weighted by molar-refractivity contribution is 7.33. The monoisotopic (exact) mass is 589 g/mol. The first kappa shape index (κ1) is 38.2. The van der Waals surface area contributed by atoms with Crippen LogP contribution in [0.2, 0.25) is 6.04 Å².